The lowest BCUT2D eigenvalue weighted by Gasteiger charge is -2.11. The van der Waals surface area contributed by atoms with Gasteiger partial charge >= 0.3 is 0 Å². The van der Waals surface area contributed by atoms with Crippen molar-refractivity contribution >= 4 is 28.4 Å². The first-order chi connectivity index (χ1) is 10.2. The molecule has 1 aliphatic rings. The SMILES string of the molecule is CCCc1nc(-c2ccc(C3CC3)cc2)nc(NC)c1I. The minimum absolute atomic E-state index is 0.792. The van der Waals surface area contributed by atoms with E-state index in [1.165, 1.54) is 18.4 Å². The standard InChI is InChI=1S/C17H20IN3/c1-3-4-14-15(18)17(19-2)21-16(20-14)13-9-7-12(8-10-13)11-5-6-11/h7-11H,3-6H2,1-2H3,(H,19,20,21). The van der Waals surface area contributed by atoms with Gasteiger partial charge in [-0.05, 0) is 53.3 Å². The molecule has 21 heavy (non-hydrogen) atoms. The Bertz CT molecular complexity index is 633. The summed E-state index contributed by atoms with van der Waals surface area (Å²) in [5.74, 6) is 2.54. The van der Waals surface area contributed by atoms with E-state index < -0.39 is 0 Å². The molecule has 1 aromatic carbocycles. The molecule has 1 saturated carbocycles. The summed E-state index contributed by atoms with van der Waals surface area (Å²) in [6, 6.07) is 8.77. The second kappa shape index (κ2) is 6.30. The molecular weight excluding hydrogens is 373 g/mol. The number of aromatic nitrogens is 2. The molecule has 0 unspecified atom stereocenters. The van der Waals surface area contributed by atoms with Crippen LogP contribution in [-0.2, 0) is 6.42 Å². The average Bonchev–Trinajstić information content (AvgIpc) is 3.34. The monoisotopic (exact) mass is 393 g/mol. The van der Waals surface area contributed by atoms with Gasteiger partial charge in [-0.2, -0.15) is 0 Å². The molecular formula is C17H20IN3. The highest BCUT2D eigenvalue weighted by molar-refractivity contribution is 14.1. The van der Waals surface area contributed by atoms with Crippen LogP contribution in [0.2, 0.25) is 0 Å². The van der Waals surface area contributed by atoms with Crippen LogP contribution in [0.3, 0.4) is 0 Å². The number of rotatable bonds is 5. The van der Waals surface area contributed by atoms with Gasteiger partial charge in [0.2, 0.25) is 0 Å². The molecule has 1 N–H and O–H groups in total. The van der Waals surface area contributed by atoms with E-state index in [0.717, 1.165) is 45.2 Å². The summed E-state index contributed by atoms with van der Waals surface area (Å²) >= 11 is 2.34. The molecule has 0 bridgehead atoms. The van der Waals surface area contributed by atoms with E-state index >= 15 is 0 Å². The number of nitrogens with zero attached hydrogens (tertiary/aromatic N) is 2. The average molecular weight is 393 g/mol. The quantitative estimate of drug-likeness (QED) is 0.754. The molecule has 3 rings (SSSR count). The largest absolute Gasteiger partial charge is 0.372 e. The van der Waals surface area contributed by atoms with Crippen molar-refractivity contribution in [2.24, 2.45) is 0 Å². The zero-order valence-corrected chi connectivity index (χ0v) is 14.6. The van der Waals surface area contributed by atoms with Gasteiger partial charge in [0, 0.05) is 12.6 Å². The van der Waals surface area contributed by atoms with E-state index in [2.05, 4.69) is 64.1 Å². The molecule has 0 spiro atoms. The second-order valence-electron chi connectivity index (χ2n) is 5.55. The van der Waals surface area contributed by atoms with Crippen LogP contribution in [0.15, 0.2) is 24.3 Å². The Morgan fingerprint density at radius 3 is 2.48 bits per heavy atom. The number of aryl methyl sites for hydroxylation is 1. The van der Waals surface area contributed by atoms with Gasteiger partial charge in [-0.15, -0.1) is 0 Å². The number of hydrogen-bond donors (Lipinski definition) is 1. The Labute approximate surface area is 139 Å². The summed E-state index contributed by atoms with van der Waals surface area (Å²) in [7, 11) is 1.92. The van der Waals surface area contributed by atoms with Crippen LogP contribution in [0.5, 0.6) is 0 Å². The zero-order chi connectivity index (χ0) is 14.8. The fourth-order valence-electron chi connectivity index (χ4n) is 2.51. The highest BCUT2D eigenvalue weighted by Gasteiger charge is 2.23. The van der Waals surface area contributed by atoms with Gasteiger partial charge in [0.25, 0.3) is 0 Å². The minimum atomic E-state index is 0.792. The van der Waals surface area contributed by atoms with Crippen LogP contribution >= 0.6 is 22.6 Å². The summed E-state index contributed by atoms with van der Waals surface area (Å²) < 4.78 is 1.13. The van der Waals surface area contributed by atoms with E-state index in [9.17, 15) is 0 Å². The molecule has 1 aliphatic carbocycles. The molecule has 1 fully saturated rings. The van der Waals surface area contributed by atoms with Crippen LogP contribution in [0, 0.1) is 3.57 Å². The minimum Gasteiger partial charge on any atom is -0.372 e. The van der Waals surface area contributed by atoms with Gasteiger partial charge in [0.15, 0.2) is 5.82 Å². The molecule has 1 heterocycles. The molecule has 2 aromatic rings. The van der Waals surface area contributed by atoms with Gasteiger partial charge in [-0.3, -0.25) is 0 Å². The number of nitrogens with one attached hydrogen (secondary N) is 1. The number of anilines is 1. The van der Waals surface area contributed by atoms with E-state index in [-0.39, 0.29) is 0 Å². The Balaban J connectivity index is 1.97. The van der Waals surface area contributed by atoms with Crippen LogP contribution in [0.25, 0.3) is 11.4 Å². The smallest absolute Gasteiger partial charge is 0.161 e. The zero-order valence-electron chi connectivity index (χ0n) is 12.5. The molecule has 0 aliphatic heterocycles. The van der Waals surface area contributed by atoms with Crippen LogP contribution in [0.4, 0.5) is 5.82 Å². The molecule has 110 valence electrons. The lowest BCUT2D eigenvalue weighted by molar-refractivity contribution is 0.868. The van der Waals surface area contributed by atoms with E-state index in [1.54, 1.807) is 0 Å². The Morgan fingerprint density at radius 1 is 1.19 bits per heavy atom. The maximum Gasteiger partial charge on any atom is 0.161 e. The molecule has 0 amide bonds. The fraction of sp³-hybridized carbons (Fsp3) is 0.412. The Hall–Kier alpha value is -1.17. The Kier molecular flexibility index (Phi) is 4.42. The van der Waals surface area contributed by atoms with Crippen molar-refractivity contribution in [3.8, 4) is 11.4 Å². The Morgan fingerprint density at radius 2 is 1.90 bits per heavy atom. The van der Waals surface area contributed by atoms with Gasteiger partial charge < -0.3 is 5.32 Å². The lowest BCUT2D eigenvalue weighted by atomic mass is 10.1. The highest BCUT2D eigenvalue weighted by atomic mass is 127. The summed E-state index contributed by atoms with van der Waals surface area (Å²) in [6.45, 7) is 2.18. The summed E-state index contributed by atoms with van der Waals surface area (Å²) in [6.07, 6.45) is 4.76. The van der Waals surface area contributed by atoms with Crippen molar-refractivity contribution in [3.63, 3.8) is 0 Å². The van der Waals surface area contributed by atoms with Crippen molar-refractivity contribution in [2.75, 3.05) is 12.4 Å². The van der Waals surface area contributed by atoms with Crippen LogP contribution < -0.4 is 5.32 Å². The maximum atomic E-state index is 4.77. The normalized spacial score (nSPS) is 14.2. The highest BCUT2D eigenvalue weighted by Crippen LogP contribution is 2.40. The van der Waals surface area contributed by atoms with Crippen molar-refractivity contribution in [3.05, 3.63) is 39.1 Å². The summed E-state index contributed by atoms with van der Waals surface area (Å²) in [5.41, 5.74) is 3.69. The maximum absolute atomic E-state index is 4.77. The van der Waals surface area contributed by atoms with Crippen LogP contribution in [0.1, 0.15) is 43.4 Å². The second-order valence-corrected chi connectivity index (χ2v) is 6.63. The van der Waals surface area contributed by atoms with E-state index in [0.29, 0.717) is 0 Å². The van der Waals surface area contributed by atoms with Gasteiger partial charge in [-0.1, -0.05) is 37.6 Å². The molecule has 4 heteroatoms. The number of hydrogen-bond acceptors (Lipinski definition) is 3. The van der Waals surface area contributed by atoms with Crippen molar-refractivity contribution < 1.29 is 0 Å². The number of benzene rings is 1. The predicted molar refractivity (Wildman–Crippen MR) is 95.7 cm³/mol. The summed E-state index contributed by atoms with van der Waals surface area (Å²) in [4.78, 5) is 9.44. The van der Waals surface area contributed by atoms with Gasteiger partial charge in [0.1, 0.15) is 5.82 Å². The van der Waals surface area contributed by atoms with Crippen molar-refractivity contribution in [1.29, 1.82) is 0 Å². The molecule has 3 nitrogen and oxygen atoms in total. The van der Waals surface area contributed by atoms with Crippen molar-refractivity contribution in [1.82, 2.24) is 9.97 Å². The fourth-order valence-corrected chi connectivity index (χ4v) is 3.29. The van der Waals surface area contributed by atoms with Gasteiger partial charge in [-0.25, -0.2) is 9.97 Å². The molecule has 1 aromatic heterocycles. The van der Waals surface area contributed by atoms with Crippen molar-refractivity contribution in [2.45, 2.75) is 38.5 Å². The number of halogens is 1. The third-order valence-electron chi connectivity index (χ3n) is 3.86. The lowest BCUT2D eigenvalue weighted by Crippen LogP contribution is -2.05. The third kappa shape index (κ3) is 3.20. The third-order valence-corrected chi connectivity index (χ3v) is 4.99. The van der Waals surface area contributed by atoms with Gasteiger partial charge in [0.05, 0.1) is 9.26 Å². The molecule has 0 saturated heterocycles. The first-order valence-corrected chi connectivity index (χ1v) is 8.65. The predicted octanol–water partition coefficient (Wildman–Crippen LogP) is 4.62. The van der Waals surface area contributed by atoms with Crippen LogP contribution in [-0.4, -0.2) is 17.0 Å². The topological polar surface area (TPSA) is 37.8 Å². The first-order valence-electron chi connectivity index (χ1n) is 7.57. The summed E-state index contributed by atoms with van der Waals surface area (Å²) in [5, 5.41) is 3.19. The first kappa shape index (κ1) is 14.8. The molecule has 0 radical (unpaired) electrons. The molecule has 0 atom stereocenters. The van der Waals surface area contributed by atoms with E-state index in [4.69, 9.17) is 4.98 Å². The van der Waals surface area contributed by atoms with E-state index in [1.807, 2.05) is 7.05 Å².